The van der Waals surface area contributed by atoms with Gasteiger partial charge in [-0.1, -0.05) is 0 Å². The van der Waals surface area contributed by atoms with Crippen LogP contribution in [0.2, 0.25) is 0 Å². The topological polar surface area (TPSA) is 50.4 Å². The molecule has 0 aromatic carbocycles. The van der Waals surface area contributed by atoms with Crippen molar-refractivity contribution in [3.8, 4) is 0 Å². The van der Waals surface area contributed by atoms with Gasteiger partial charge in [-0.3, -0.25) is 4.79 Å². The van der Waals surface area contributed by atoms with Gasteiger partial charge >= 0.3 is 6.18 Å². The van der Waals surface area contributed by atoms with E-state index in [1.807, 2.05) is 0 Å². The Morgan fingerprint density at radius 3 is 2.81 bits per heavy atom. The lowest BCUT2D eigenvalue weighted by atomic mass is 10.2. The van der Waals surface area contributed by atoms with E-state index in [1.54, 1.807) is 0 Å². The number of hydrogen-bond acceptors (Lipinski definition) is 3. The number of hydrogen-bond donors (Lipinski definition) is 2. The van der Waals surface area contributed by atoms with Crippen molar-refractivity contribution in [3.05, 3.63) is 0 Å². The molecule has 1 fully saturated rings. The molecule has 0 bridgehead atoms. The second-order valence-electron chi connectivity index (χ2n) is 3.62. The summed E-state index contributed by atoms with van der Waals surface area (Å²) in [6.07, 6.45) is -5.36. The third-order valence-electron chi connectivity index (χ3n) is 2.15. The highest BCUT2D eigenvalue weighted by Gasteiger charge is 2.26. The molecule has 1 aliphatic heterocycles. The Morgan fingerprint density at radius 1 is 1.50 bits per heavy atom. The van der Waals surface area contributed by atoms with Crippen LogP contribution in [0.1, 0.15) is 12.8 Å². The summed E-state index contributed by atoms with van der Waals surface area (Å²) in [5, 5.41) is 5.26. The minimum absolute atomic E-state index is 0.102. The first-order valence-electron chi connectivity index (χ1n) is 5.13. The molecule has 1 saturated heterocycles. The van der Waals surface area contributed by atoms with Crippen LogP contribution in [0.15, 0.2) is 0 Å². The van der Waals surface area contributed by atoms with Crippen molar-refractivity contribution >= 4 is 5.91 Å². The van der Waals surface area contributed by atoms with E-state index in [9.17, 15) is 18.0 Å². The predicted molar refractivity (Wildman–Crippen MR) is 50.9 cm³/mol. The van der Waals surface area contributed by atoms with Gasteiger partial charge in [0, 0.05) is 19.6 Å². The zero-order valence-electron chi connectivity index (χ0n) is 8.77. The number of carbonyl (C=O) groups excluding carboxylic acids is 1. The van der Waals surface area contributed by atoms with E-state index in [-0.39, 0.29) is 19.1 Å². The monoisotopic (exact) mass is 240 g/mol. The molecule has 1 amide bonds. The molecule has 4 nitrogen and oxygen atoms in total. The quantitative estimate of drug-likeness (QED) is 0.749. The van der Waals surface area contributed by atoms with Gasteiger partial charge in [-0.05, 0) is 0 Å². The van der Waals surface area contributed by atoms with Crippen molar-refractivity contribution in [2.24, 2.45) is 0 Å². The first kappa shape index (κ1) is 13.2. The molecule has 1 heterocycles. The van der Waals surface area contributed by atoms with Gasteiger partial charge in [0.25, 0.3) is 0 Å². The van der Waals surface area contributed by atoms with Crippen LogP contribution in [0, 0.1) is 0 Å². The van der Waals surface area contributed by atoms with Gasteiger partial charge in [0.2, 0.25) is 5.91 Å². The van der Waals surface area contributed by atoms with Crippen molar-refractivity contribution in [2.75, 3.05) is 26.2 Å². The summed E-state index contributed by atoms with van der Waals surface area (Å²) in [4.78, 5) is 11.2. The van der Waals surface area contributed by atoms with Gasteiger partial charge in [-0.15, -0.1) is 0 Å². The average Bonchev–Trinajstić information content (AvgIpc) is 2.17. The van der Waals surface area contributed by atoms with Crippen molar-refractivity contribution < 1.29 is 22.7 Å². The fourth-order valence-corrected chi connectivity index (χ4v) is 1.37. The van der Waals surface area contributed by atoms with Crippen molar-refractivity contribution in [1.82, 2.24) is 10.6 Å². The number of amides is 1. The van der Waals surface area contributed by atoms with E-state index in [2.05, 4.69) is 10.6 Å². The minimum atomic E-state index is -4.23. The van der Waals surface area contributed by atoms with E-state index in [4.69, 9.17) is 4.74 Å². The maximum atomic E-state index is 11.8. The second-order valence-corrected chi connectivity index (χ2v) is 3.62. The first-order valence-corrected chi connectivity index (χ1v) is 5.13. The molecule has 1 rings (SSSR count). The molecule has 2 N–H and O–H groups in total. The van der Waals surface area contributed by atoms with Crippen LogP contribution in [0.25, 0.3) is 0 Å². The summed E-state index contributed by atoms with van der Waals surface area (Å²) in [5.41, 5.74) is 0. The number of halogens is 3. The smallest absolute Gasteiger partial charge is 0.375 e. The first-order chi connectivity index (χ1) is 7.47. The van der Waals surface area contributed by atoms with Crippen molar-refractivity contribution in [1.29, 1.82) is 0 Å². The summed E-state index contributed by atoms with van der Waals surface area (Å²) in [7, 11) is 0. The molecular weight excluding hydrogens is 225 g/mol. The second kappa shape index (κ2) is 6.05. The normalized spacial score (nSPS) is 21.8. The van der Waals surface area contributed by atoms with E-state index < -0.39 is 18.5 Å². The van der Waals surface area contributed by atoms with Gasteiger partial charge in [0.15, 0.2) is 0 Å². The summed E-state index contributed by atoms with van der Waals surface area (Å²) < 4.78 is 40.6. The van der Waals surface area contributed by atoms with Crippen molar-refractivity contribution in [3.63, 3.8) is 0 Å². The Bertz CT molecular complexity index is 227. The SMILES string of the molecule is O=C(CC1CNCCO1)NCCC(F)(F)F. The average molecular weight is 240 g/mol. The molecule has 94 valence electrons. The number of nitrogens with one attached hydrogen (secondary N) is 2. The summed E-state index contributed by atoms with van der Waals surface area (Å²) in [6.45, 7) is 1.46. The summed E-state index contributed by atoms with van der Waals surface area (Å²) in [5.74, 6) is -0.405. The van der Waals surface area contributed by atoms with Crippen LogP contribution >= 0.6 is 0 Å². The van der Waals surface area contributed by atoms with Gasteiger partial charge in [-0.2, -0.15) is 13.2 Å². The summed E-state index contributed by atoms with van der Waals surface area (Å²) >= 11 is 0. The Hall–Kier alpha value is -0.820. The van der Waals surface area contributed by atoms with E-state index in [0.29, 0.717) is 13.2 Å². The van der Waals surface area contributed by atoms with Gasteiger partial charge in [0.05, 0.1) is 25.6 Å². The lowest BCUT2D eigenvalue weighted by molar-refractivity contribution is -0.136. The largest absolute Gasteiger partial charge is 0.390 e. The fraction of sp³-hybridized carbons (Fsp3) is 0.889. The zero-order valence-corrected chi connectivity index (χ0v) is 8.77. The Labute approximate surface area is 91.5 Å². The minimum Gasteiger partial charge on any atom is -0.375 e. The summed E-state index contributed by atoms with van der Waals surface area (Å²) in [6, 6.07) is 0. The Kier molecular flexibility index (Phi) is 5.01. The highest BCUT2D eigenvalue weighted by Crippen LogP contribution is 2.18. The molecule has 0 aromatic rings. The van der Waals surface area contributed by atoms with Crippen LogP contribution < -0.4 is 10.6 Å². The number of alkyl halides is 3. The lowest BCUT2D eigenvalue weighted by Gasteiger charge is -2.23. The highest BCUT2D eigenvalue weighted by molar-refractivity contribution is 5.76. The number of rotatable bonds is 4. The van der Waals surface area contributed by atoms with Gasteiger partial charge < -0.3 is 15.4 Å². The molecule has 1 atom stereocenters. The molecule has 0 saturated carbocycles. The lowest BCUT2D eigenvalue weighted by Crippen LogP contribution is -2.41. The standard InChI is InChI=1S/C9H15F3N2O2/c10-9(11,12)1-2-14-8(15)5-7-6-13-3-4-16-7/h7,13H,1-6H2,(H,14,15). The maximum Gasteiger partial charge on any atom is 0.390 e. The molecule has 0 aromatic heterocycles. The molecule has 0 radical (unpaired) electrons. The number of morpholine rings is 1. The van der Waals surface area contributed by atoms with E-state index in [1.165, 1.54) is 0 Å². The highest BCUT2D eigenvalue weighted by atomic mass is 19.4. The number of carbonyl (C=O) groups is 1. The maximum absolute atomic E-state index is 11.8. The van der Waals surface area contributed by atoms with Crippen LogP contribution in [0.3, 0.4) is 0 Å². The molecular formula is C9H15F3N2O2. The third-order valence-corrected chi connectivity index (χ3v) is 2.15. The fourth-order valence-electron chi connectivity index (χ4n) is 1.37. The molecule has 1 unspecified atom stereocenters. The molecule has 16 heavy (non-hydrogen) atoms. The molecule has 1 aliphatic rings. The van der Waals surface area contributed by atoms with Crippen LogP contribution in [0.5, 0.6) is 0 Å². The van der Waals surface area contributed by atoms with Crippen LogP contribution in [0.4, 0.5) is 13.2 Å². The van der Waals surface area contributed by atoms with Crippen LogP contribution in [-0.4, -0.2) is 44.4 Å². The van der Waals surface area contributed by atoms with Crippen molar-refractivity contribution in [2.45, 2.75) is 25.1 Å². The van der Waals surface area contributed by atoms with E-state index >= 15 is 0 Å². The van der Waals surface area contributed by atoms with E-state index in [0.717, 1.165) is 6.54 Å². The Balaban J connectivity index is 2.10. The zero-order chi connectivity index (χ0) is 12.0. The Morgan fingerprint density at radius 2 is 2.25 bits per heavy atom. The van der Waals surface area contributed by atoms with Gasteiger partial charge in [-0.25, -0.2) is 0 Å². The molecule has 0 spiro atoms. The molecule has 7 heteroatoms. The molecule has 0 aliphatic carbocycles. The number of ether oxygens (including phenoxy) is 1. The van der Waals surface area contributed by atoms with Crippen LogP contribution in [-0.2, 0) is 9.53 Å². The third kappa shape index (κ3) is 5.92. The predicted octanol–water partition coefficient (Wildman–Crippen LogP) is 0.433. The van der Waals surface area contributed by atoms with Gasteiger partial charge in [0.1, 0.15) is 0 Å².